The van der Waals surface area contributed by atoms with Crippen molar-refractivity contribution in [2.45, 2.75) is 13.8 Å². The van der Waals surface area contributed by atoms with E-state index in [4.69, 9.17) is 5.11 Å². The van der Waals surface area contributed by atoms with E-state index in [9.17, 15) is 4.79 Å². The number of hydrogen-bond acceptors (Lipinski definition) is 2. The molecule has 0 unspecified atom stereocenters. The molecule has 0 aliphatic carbocycles. The van der Waals surface area contributed by atoms with Gasteiger partial charge in [0.25, 0.3) is 0 Å². The van der Waals surface area contributed by atoms with Gasteiger partial charge in [-0.2, -0.15) is 0 Å². The van der Waals surface area contributed by atoms with Gasteiger partial charge in [-0.1, -0.05) is 34.1 Å². The SMILES string of the molecule is C=C(C)CN(CC)c1cc(Br)ccc1/C=C/C(=O)O. The Balaban J connectivity index is 3.17. The van der Waals surface area contributed by atoms with Crippen LogP contribution in [0, 0.1) is 0 Å². The van der Waals surface area contributed by atoms with Crippen LogP contribution in [0.25, 0.3) is 6.08 Å². The number of carboxylic acid groups (broad SMARTS) is 1. The molecule has 1 aromatic rings. The van der Waals surface area contributed by atoms with Crippen LogP contribution in [0.3, 0.4) is 0 Å². The lowest BCUT2D eigenvalue weighted by Gasteiger charge is -2.25. The summed E-state index contributed by atoms with van der Waals surface area (Å²) in [6, 6.07) is 5.80. The Labute approximate surface area is 122 Å². The average Bonchev–Trinajstić information content (AvgIpc) is 2.34. The van der Waals surface area contributed by atoms with E-state index in [-0.39, 0.29) is 0 Å². The largest absolute Gasteiger partial charge is 0.478 e. The van der Waals surface area contributed by atoms with Crippen LogP contribution in [0.1, 0.15) is 19.4 Å². The number of halogens is 1. The average molecular weight is 324 g/mol. The van der Waals surface area contributed by atoms with Crippen molar-refractivity contribution < 1.29 is 9.90 Å². The number of rotatable bonds is 6. The van der Waals surface area contributed by atoms with Crippen molar-refractivity contribution in [2.24, 2.45) is 0 Å². The fourth-order valence-corrected chi connectivity index (χ4v) is 2.13. The van der Waals surface area contributed by atoms with E-state index in [0.717, 1.165) is 40.5 Å². The van der Waals surface area contributed by atoms with E-state index in [1.807, 2.05) is 25.1 Å². The maximum Gasteiger partial charge on any atom is 0.328 e. The summed E-state index contributed by atoms with van der Waals surface area (Å²) in [6.45, 7) is 9.55. The number of likely N-dealkylation sites (N-methyl/N-ethyl adjacent to an activating group) is 1. The van der Waals surface area contributed by atoms with Crippen LogP contribution < -0.4 is 4.90 Å². The predicted octanol–water partition coefficient (Wildman–Crippen LogP) is 3.95. The second-order valence-electron chi connectivity index (χ2n) is 4.35. The first-order valence-electron chi connectivity index (χ1n) is 6.04. The monoisotopic (exact) mass is 323 g/mol. The van der Waals surface area contributed by atoms with Gasteiger partial charge in [-0.15, -0.1) is 0 Å². The Morgan fingerprint density at radius 1 is 1.53 bits per heavy atom. The third-order valence-electron chi connectivity index (χ3n) is 2.58. The van der Waals surface area contributed by atoms with Crippen LogP contribution in [-0.2, 0) is 4.79 Å². The number of anilines is 1. The van der Waals surface area contributed by atoms with Gasteiger partial charge in [-0.05, 0) is 37.6 Å². The van der Waals surface area contributed by atoms with Crippen LogP contribution in [-0.4, -0.2) is 24.2 Å². The van der Waals surface area contributed by atoms with Gasteiger partial charge in [0.2, 0.25) is 0 Å². The molecule has 102 valence electrons. The maximum atomic E-state index is 10.6. The fraction of sp³-hybridized carbons (Fsp3) is 0.267. The molecule has 0 saturated carbocycles. The van der Waals surface area contributed by atoms with Gasteiger partial charge >= 0.3 is 5.97 Å². The third kappa shape index (κ3) is 4.91. The van der Waals surface area contributed by atoms with Crippen molar-refractivity contribution in [1.82, 2.24) is 0 Å². The van der Waals surface area contributed by atoms with Crippen LogP contribution in [0.2, 0.25) is 0 Å². The molecule has 3 nitrogen and oxygen atoms in total. The molecule has 0 aromatic heterocycles. The lowest BCUT2D eigenvalue weighted by Crippen LogP contribution is -2.25. The highest BCUT2D eigenvalue weighted by Gasteiger charge is 2.09. The smallest absolute Gasteiger partial charge is 0.328 e. The van der Waals surface area contributed by atoms with Gasteiger partial charge < -0.3 is 10.0 Å². The summed E-state index contributed by atoms with van der Waals surface area (Å²) < 4.78 is 0.968. The molecular formula is C15H18BrNO2. The molecule has 0 heterocycles. The second kappa shape index (κ2) is 7.14. The Morgan fingerprint density at radius 3 is 2.74 bits per heavy atom. The van der Waals surface area contributed by atoms with Crippen molar-refractivity contribution in [1.29, 1.82) is 0 Å². The normalized spacial score (nSPS) is 10.7. The molecule has 0 spiro atoms. The van der Waals surface area contributed by atoms with E-state index in [1.165, 1.54) is 0 Å². The van der Waals surface area contributed by atoms with Crippen molar-refractivity contribution in [2.75, 3.05) is 18.0 Å². The zero-order chi connectivity index (χ0) is 14.4. The number of hydrogen-bond donors (Lipinski definition) is 1. The predicted molar refractivity (Wildman–Crippen MR) is 83.5 cm³/mol. The van der Waals surface area contributed by atoms with E-state index in [0.29, 0.717) is 0 Å². The van der Waals surface area contributed by atoms with E-state index in [2.05, 4.69) is 34.3 Å². The molecule has 0 fully saturated rings. The van der Waals surface area contributed by atoms with Crippen LogP contribution in [0.5, 0.6) is 0 Å². The minimum Gasteiger partial charge on any atom is -0.478 e. The topological polar surface area (TPSA) is 40.5 Å². The maximum absolute atomic E-state index is 10.6. The third-order valence-corrected chi connectivity index (χ3v) is 3.07. The quantitative estimate of drug-likeness (QED) is 0.636. The zero-order valence-corrected chi connectivity index (χ0v) is 12.8. The van der Waals surface area contributed by atoms with Crippen LogP contribution >= 0.6 is 15.9 Å². The summed E-state index contributed by atoms with van der Waals surface area (Å²) in [7, 11) is 0. The van der Waals surface area contributed by atoms with Crippen molar-refractivity contribution in [3.8, 4) is 0 Å². The Kier molecular flexibility index (Phi) is 5.83. The molecule has 0 aliphatic heterocycles. The highest BCUT2D eigenvalue weighted by Crippen LogP contribution is 2.27. The first-order chi connectivity index (χ1) is 8.93. The van der Waals surface area contributed by atoms with E-state index in [1.54, 1.807) is 6.08 Å². The summed E-state index contributed by atoms with van der Waals surface area (Å²) in [5, 5.41) is 8.74. The van der Waals surface area contributed by atoms with Gasteiger partial charge in [0, 0.05) is 29.3 Å². The van der Waals surface area contributed by atoms with Gasteiger partial charge in [0.15, 0.2) is 0 Å². The molecule has 19 heavy (non-hydrogen) atoms. The van der Waals surface area contributed by atoms with Crippen molar-refractivity contribution in [3.05, 3.63) is 46.5 Å². The summed E-state index contributed by atoms with van der Waals surface area (Å²) in [4.78, 5) is 12.8. The Bertz CT molecular complexity index is 509. The second-order valence-corrected chi connectivity index (χ2v) is 5.26. The molecule has 0 bridgehead atoms. The number of aliphatic carboxylic acids is 1. The molecule has 1 rings (SSSR count). The molecule has 0 radical (unpaired) electrons. The summed E-state index contributed by atoms with van der Waals surface area (Å²) in [5.41, 5.74) is 2.95. The minimum atomic E-state index is -0.947. The highest BCUT2D eigenvalue weighted by molar-refractivity contribution is 9.10. The molecule has 0 saturated heterocycles. The standard InChI is InChI=1S/C15H18BrNO2/c1-4-17(10-11(2)3)14-9-13(16)7-5-12(14)6-8-15(18)19/h5-9H,2,4,10H2,1,3H3,(H,18,19)/b8-6+. The first-order valence-corrected chi connectivity index (χ1v) is 6.83. The highest BCUT2D eigenvalue weighted by atomic mass is 79.9. The number of benzene rings is 1. The van der Waals surface area contributed by atoms with Crippen molar-refractivity contribution in [3.63, 3.8) is 0 Å². The minimum absolute atomic E-state index is 0.751. The summed E-state index contributed by atoms with van der Waals surface area (Å²) in [5.74, 6) is -0.947. The summed E-state index contributed by atoms with van der Waals surface area (Å²) in [6.07, 6.45) is 2.77. The van der Waals surface area contributed by atoms with Crippen molar-refractivity contribution >= 4 is 33.7 Å². The molecular weight excluding hydrogens is 306 g/mol. The van der Waals surface area contributed by atoms with Gasteiger partial charge in [-0.25, -0.2) is 4.79 Å². The summed E-state index contributed by atoms with van der Waals surface area (Å²) >= 11 is 3.45. The molecule has 1 N–H and O–H groups in total. The van der Waals surface area contributed by atoms with Gasteiger partial charge in [0.05, 0.1) is 0 Å². The Hall–Kier alpha value is -1.55. The first kappa shape index (κ1) is 15.5. The number of carbonyl (C=O) groups is 1. The number of nitrogens with zero attached hydrogens (tertiary/aromatic N) is 1. The zero-order valence-electron chi connectivity index (χ0n) is 11.2. The van der Waals surface area contributed by atoms with Gasteiger partial charge in [-0.3, -0.25) is 0 Å². The van der Waals surface area contributed by atoms with Gasteiger partial charge in [0.1, 0.15) is 0 Å². The van der Waals surface area contributed by atoms with E-state index < -0.39 is 5.97 Å². The molecule has 0 aliphatic rings. The lowest BCUT2D eigenvalue weighted by molar-refractivity contribution is -0.131. The molecule has 4 heteroatoms. The van der Waals surface area contributed by atoms with E-state index >= 15 is 0 Å². The number of carboxylic acids is 1. The molecule has 0 amide bonds. The Morgan fingerprint density at radius 2 is 2.21 bits per heavy atom. The van der Waals surface area contributed by atoms with Crippen LogP contribution in [0.4, 0.5) is 5.69 Å². The molecule has 0 atom stereocenters. The fourth-order valence-electron chi connectivity index (χ4n) is 1.79. The lowest BCUT2D eigenvalue weighted by atomic mass is 10.1. The molecule has 1 aromatic carbocycles. The van der Waals surface area contributed by atoms with Crippen LogP contribution in [0.15, 0.2) is 40.9 Å².